The van der Waals surface area contributed by atoms with E-state index in [1.54, 1.807) is 0 Å². The van der Waals surface area contributed by atoms with Crippen LogP contribution in [0, 0.1) is 5.92 Å². The van der Waals surface area contributed by atoms with Gasteiger partial charge >= 0.3 is 0 Å². The van der Waals surface area contributed by atoms with Crippen LogP contribution >= 0.6 is 0 Å². The molecule has 0 radical (unpaired) electrons. The molecule has 3 heteroatoms. The lowest BCUT2D eigenvalue weighted by Crippen LogP contribution is -2.30. The van der Waals surface area contributed by atoms with Gasteiger partial charge in [-0.25, -0.2) is 4.98 Å². The van der Waals surface area contributed by atoms with E-state index in [2.05, 4.69) is 16.4 Å². The second-order valence-electron chi connectivity index (χ2n) is 5.21. The Kier molecular flexibility index (Phi) is 3.27. The monoisotopic (exact) mass is 232 g/mol. The Morgan fingerprint density at radius 3 is 2.65 bits per heavy atom. The summed E-state index contributed by atoms with van der Waals surface area (Å²) in [5.41, 5.74) is 1.37. The Morgan fingerprint density at radius 1 is 1.18 bits per heavy atom. The summed E-state index contributed by atoms with van der Waals surface area (Å²) < 4.78 is 5.76. The normalized spacial score (nSPS) is 21.4. The Morgan fingerprint density at radius 2 is 2.00 bits per heavy atom. The molecule has 17 heavy (non-hydrogen) atoms. The van der Waals surface area contributed by atoms with Crippen LogP contribution in [0.3, 0.4) is 0 Å². The standard InChI is InChI=1S/C14H20N2O/c1-2-12(1)13-3-4-14(16-9-13)17-10-11-5-7-15-8-6-11/h3-4,9,11-12,15H,1-2,5-8,10H2. The fourth-order valence-electron chi connectivity index (χ4n) is 2.39. The van der Waals surface area contributed by atoms with Crippen LogP contribution < -0.4 is 10.1 Å². The lowest BCUT2D eigenvalue weighted by Gasteiger charge is -2.22. The van der Waals surface area contributed by atoms with E-state index in [1.807, 2.05) is 12.3 Å². The molecule has 2 heterocycles. The first-order valence-electron chi connectivity index (χ1n) is 6.71. The van der Waals surface area contributed by atoms with E-state index in [0.29, 0.717) is 5.92 Å². The average molecular weight is 232 g/mol. The van der Waals surface area contributed by atoms with Crippen molar-refractivity contribution in [2.75, 3.05) is 19.7 Å². The number of nitrogens with one attached hydrogen (secondary N) is 1. The number of hydrogen-bond donors (Lipinski definition) is 1. The third-order valence-electron chi connectivity index (χ3n) is 3.73. The topological polar surface area (TPSA) is 34.1 Å². The molecule has 1 saturated carbocycles. The van der Waals surface area contributed by atoms with E-state index >= 15 is 0 Å². The number of aromatic nitrogens is 1. The van der Waals surface area contributed by atoms with Gasteiger partial charge in [0.1, 0.15) is 0 Å². The van der Waals surface area contributed by atoms with Gasteiger partial charge in [0.25, 0.3) is 0 Å². The van der Waals surface area contributed by atoms with E-state index in [4.69, 9.17) is 4.74 Å². The molecule has 3 rings (SSSR count). The number of piperidine rings is 1. The molecule has 3 nitrogen and oxygen atoms in total. The lowest BCUT2D eigenvalue weighted by atomic mass is 9.99. The third-order valence-corrected chi connectivity index (χ3v) is 3.73. The van der Waals surface area contributed by atoms with Crippen LogP contribution in [0.4, 0.5) is 0 Å². The molecule has 1 aromatic rings. The first-order valence-corrected chi connectivity index (χ1v) is 6.71. The molecule has 1 N–H and O–H groups in total. The number of nitrogens with zero attached hydrogens (tertiary/aromatic N) is 1. The maximum atomic E-state index is 5.76. The quantitative estimate of drug-likeness (QED) is 0.865. The fraction of sp³-hybridized carbons (Fsp3) is 0.643. The van der Waals surface area contributed by atoms with Gasteiger partial charge in [0.2, 0.25) is 5.88 Å². The molecule has 1 aliphatic carbocycles. The predicted molar refractivity (Wildman–Crippen MR) is 67.3 cm³/mol. The van der Waals surface area contributed by atoms with Crippen molar-refractivity contribution in [2.45, 2.75) is 31.6 Å². The highest BCUT2D eigenvalue weighted by Crippen LogP contribution is 2.39. The summed E-state index contributed by atoms with van der Waals surface area (Å²) in [7, 11) is 0. The van der Waals surface area contributed by atoms with Gasteiger partial charge in [-0.15, -0.1) is 0 Å². The summed E-state index contributed by atoms with van der Waals surface area (Å²) in [6.45, 7) is 3.07. The number of rotatable bonds is 4. The third kappa shape index (κ3) is 2.97. The van der Waals surface area contributed by atoms with Crippen LogP contribution in [0.1, 0.15) is 37.2 Å². The molecule has 0 aromatic carbocycles. The largest absolute Gasteiger partial charge is 0.477 e. The minimum absolute atomic E-state index is 0.696. The number of pyridine rings is 1. The Hall–Kier alpha value is -1.09. The zero-order chi connectivity index (χ0) is 11.5. The van der Waals surface area contributed by atoms with E-state index in [-0.39, 0.29) is 0 Å². The second-order valence-corrected chi connectivity index (χ2v) is 5.21. The van der Waals surface area contributed by atoms with E-state index in [9.17, 15) is 0 Å². The van der Waals surface area contributed by atoms with Crippen molar-refractivity contribution >= 4 is 0 Å². The van der Waals surface area contributed by atoms with Gasteiger partial charge in [0, 0.05) is 12.3 Å². The van der Waals surface area contributed by atoms with E-state index < -0.39 is 0 Å². The predicted octanol–water partition coefficient (Wildman–Crippen LogP) is 2.34. The van der Waals surface area contributed by atoms with Crippen LogP contribution in [0.2, 0.25) is 0 Å². The van der Waals surface area contributed by atoms with Gasteiger partial charge in [0.05, 0.1) is 6.61 Å². The summed E-state index contributed by atoms with van der Waals surface area (Å²) in [4.78, 5) is 4.39. The lowest BCUT2D eigenvalue weighted by molar-refractivity contribution is 0.209. The highest BCUT2D eigenvalue weighted by molar-refractivity contribution is 5.24. The molecule has 1 saturated heterocycles. The molecule has 0 amide bonds. The molecule has 1 aliphatic heterocycles. The van der Waals surface area contributed by atoms with Crippen molar-refractivity contribution in [3.8, 4) is 5.88 Å². The van der Waals surface area contributed by atoms with Gasteiger partial charge in [-0.2, -0.15) is 0 Å². The zero-order valence-corrected chi connectivity index (χ0v) is 10.2. The molecule has 0 spiro atoms. The average Bonchev–Trinajstić information content (AvgIpc) is 3.23. The van der Waals surface area contributed by atoms with Crippen LogP contribution in [-0.4, -0.2) is 24.7 Å². The molecular weight excluding hydrogens is 212 g/mol. The molecule has 0 unspecified atom stereocenters. The zero-order valence-electron chi connectivity index (χ0n) is 10.2. The molecule has 2 aliphatic rings. The smallest absolute Gasteiger partial charge is 0.213 e. The van der Waals surface area contributed by atoms with Gasteiger partial charge in [0.15, 0.2) is 0 Å². The fourth-order valence-corrected chi connectivity index (χ4v) is 2.39. The Bertz CT molecular complexity index is 353. The first-order chi connectivity index (χ1) is 8.42. The highest BCUT2D eigenvalue weighted by Gasteiger charge is 2.23. The van der Waals surface area contributed by atoms with E-state index in [0.717, 1.165) is 31.5 Å². The molecule has 1 aromatic heterocycles. The molecule has 0 atom stereocenters. The molecule has 2 fully saturated rings. The minimum Gasteiger partial charge on any atom is -0.477 e. The summed E-state index contributed by atoms with van der Waals surface area (Å²) >= 11 is 0. The van der Waals surface area contributed by atoms with Crippen LogP contribution in [0.15, 0.2) is 18.3 Å². The van der Waals surface area contributed by atoms with Crippen molar-refractivity contribution in [3.05, 3.63) is 23.9 Å². The van der Waals surface area contributed by atoms with Crippen LogP contribution in [0.25, 0.3) is 0 Å². The Labute approximate surface area is 103 Å². The van der Waals surface area contributed by atoms with Crippen LogP contribution in [0.5, 0.6) is 5.88 Å². The SMILES string of the molecule is c1cc(OCC2CCNCC2)ncc1C1CC1. The van der Waals surface area contributed by atoms with Crippen molar-refractivity contribution in [1.29, 1.82) is 0 Å². The van der Waals surface area contributed by atoms with Crippen molar-refractivity contribution in [1.82, 2.24) is 10.3 Å². The number of hydrogen-bond acceptors (Lipinski definition) is 3. The summed E-state index contributed by atoms with van der Waals surface area (Å²) in [5, 5.41) is 3.37. The Balaban J connectivity index is 1.50. The van der Waals surface area contributed by atoms with Gasteiger partial charge in [-0.3, -0.25) is 0 Å². The van der Waals surface area contributed by atoms with Gasteiger partial charge in [-0.05, 0) is 56.2 Å². The van der Waals surface area contributed by atoms with E-state index in [1.165, 1.54) is 31.2 Å². The van der Waals surface area contributed by atoms with Gasteiger partial charge in [-0.1, -0.05) is 6.07 Å². The summed E-state index contributed by atoms with van der Waals surface area (Å²) in [5.74, 6) is 2.26. The maximum absolute atomic E-state index is 5.76. The molecule has 92 valence electrons. The minimum atomic E-state index is 0.696. The maximum Gasteiger partial charge on any atom is 0.213 e. The first kappa shape index (κ1) is 11.0. The molecular formula is C14H20N2O. The summed E-state index contributed by atoms with van der Waals surface area (Å²) in [6.07, 6.45) is 7.09. The highest BCUT2D eigenvalue weighted by atomic mass is 16.5. The second kappa shape index (κ2) is 5.05. The van der Waals surface area contributed by atoms with Crippen molar-refractivity contribution in [3.63, 3.8) is 0 Å². The van der Waals surface area contributed by atoms with Crippen molar-refractivity contribution in [2.24, 2.45) is 5.92 Å². The number of ether oxygens (including phenoxy) is 1. The van der Waals surface area contributed by atoms with Crippen LogP contribution in [-0.2, 0) is 0 Å². The summed E-state index contributed by atoms with van der Waals surface area (Å²) in [6, 6.07) is 4.19. The molecule has 0 bridgehead atoms. The van der Waals surface area contributed by atoms with Crippen molar-refractivity contribution < 1.29 is 4.74 Å². The van der Waals surface area contributed by atoms with Gasteiger partial charge < -0.3 is 10.1 Å².